The molecule has 0 saturated carbocycles. The van der Waals surface area contributed by atoms with E-state index in [1.165, 1.54) is 0 Å². The van der Waals surface area contributed by atoms with Crippen LogP contribution in [0.4, 0.5) is 14.4 Å². The molecule has 0 unspecified atom stereocenters. The highest BCUT2D eigenvalue weighted by molar-refractivity contribution is 6.61. The molecule has 0 N–H and O–H groups in total. The molecule has 4 aromatic carbocycles. The summed E-state index contributed by atoms with van der Waals surface area (Å²) in [5, 5.41) is 0. The van der Waals surface area contributed by atoms with Gasteiger partial charge in [0.15, 0.2) is 0 Å². The van der Waals surface area contributed by atoms with E-state index in [2.05, 4.69) is 27.7 Å². The summed E-state index contributed by atoms with van der Waals surface area (Å²) in [5.74, 6) is 1.40. The van der Waals surface area contributed by atoms with Gasteiger partial charge in [-0.1, -0.05) is 76.2 Å². The second kappa shape index (κ2) is 12.7. The lowest BCUT2D eigenvalue weighted by Gasteiger charge is -2.26. The van der Waals surface area contributed by atoms with Gasteiger partial charge in [-0.3, -0.25) is 0 Å². The van der Waals surface area contributed by atoms with Crippen molar-refractivity contribution in [3.63, 3.8) is 0 Å². The number of carbonyl (C=O) groups is 3. The van der Waals surface area contributed by atoms with Crippen LogP contribution in [0.2, 0.25) is 0 Å². The van der Waals surface area contributed by atoms with E-state index in [4.69, 9.17) is 42.1 Å². The molecule has 0 aliphatic heterocycles. The standard InChI is InChI=1S/C33H28Cl2O7/c1-32(2,21-5-13-25(14-6-21)39-29(34)36)23-9-17-27(18-10-23)41-31(38)42-28-19-11-24(12-20-28)33(3,4)22-7-15-26(16-8-22)40-30(35)37/h5-20H,1-4H3. The Balaban J connectivity index is 1.36. The molecule has 0 heterocycles. The number of rotatable bonds is 8. The Bertz CT molecular complexity index is 1440. The maximum absolute atomic E-state index is 12.5. The molecule has 0 amide bonds. The third-order valence-corrected chi connectivity index (χ3v) is 7.26. The van der Waals surface area contributed by atoms with Crippen LogP contribution in [-0.4, -0.2) is 17.0 Å². The van der Waals surface area contributed by atoms with E-state index in [0.717, 1.165) is 22.3 Å². The van der Waals surface area contributed by atoms with Gasteiger partial charge >= 0.3 is 17.0 Å². The first-order chi connectivity index (χ1) is 19.8. The van der Waals surface area contributed by atoms with Gasteiger partial charge < -0.3 is 18.9 Å². The predicted molar refractivity (Wildman–Crippen MR) is 160 cm³/mol. The van der Waals surface area contributed by atoms with E-state index < -0.39 is 17.0 Å². The summed E-state index contributed by atoms with van der Waals surface area (Å²) in [6.45, 7) is 8.21. The number of hydrogen-bond donors (Lipinski definition) is 0. The van der Waals surface area contributed by atoms with Gasteiger partial charge in [0.05, 0.1) is 0 Å². The van der Waals surface area contributed by atoms with Gasteiger partial charge in [-0.15, -0.1) is 0 Å². The normalized spacial score (nSPS) is 11.4. The minimum Gasteiger partial charge on any atom is -0.415 e. The molecule has 0 spiro atoms. The van der Waals surface area contributed by atoms with Crippen LogP contribution in [0.15, 0.2) is 97.1 Å². The summed E-state index contributed by atoms with van der Waals surface area (Å²) in [6, 6.07) is 28.5. The Morgan fingerprint density at radius 2 is 0.643 bits per heavy atom. The monoisotopic (exact) mass is 606 g/mol. The van der Waals surface area contributed by atoms with Crippen LogP contribution in [0.1, 0.15) is 49.9 Å². The zero-order valence-corrected chi connectivity index (χ0v) is 24.9. The van der Waals surface area contributed by atoms with E-state index in [1.54, 1.807) is 48.5 Å². The fourth-order valence-corrected chi connectivity index (χ4v) is 4.67. The van der Waals surface area contributed by atoms with Crippen molar-refractivity contribution in [1.82, 2.24) is 0 Å². The minimum atomic E-state index is -0.894. The number of carbonyl (C=O) groups excluding carboxylic acids is 3. The average molecular weight is 607 g/mol. The zero-order chi connectivity index (χ0) is 30.5. The molecule has 0 aromatic heterocycles. The summed E-state index contributed by atoms with van der Waals surface area (Å²) in [7, 11) is 0. The third kappa shape index (κ3) is 7.49. The summed E-state index contributed by atoms with van der Waals surface area (Å²) >= 11 is 10.5. The molecule has 0 aliphatic carbocycles. The lowest BCUT2D eigenvalue weighted by molar-refractivity contribution is 0.152. The fraction of sp³-hybridized carbons (Fsp3) is 0.182. The van der Waals surface area contributed by atoms with Gasteiger partial charge in [0, 0.05) is 34.0 Å². The van der Waals surface area contributed by atoms with Crippen LogP contribution < -0.4 is 18.9 Å². The molecule has 42 heavy (non-hydrogen) atoms. The minimum absolute atomic E-state index is 0.338. The smallest absolute Gasteiger partial charge is 0.415 e. The van der Waals surface area contributed by atoms with Crippen molar-refractivity contribution in [1.29, 1.82) is 0 Å². The summed E-state index contributed by atoms with van der Waals surface area (Å²) in [4.78, 5) is 34.4. The SMILES string of the molecule is CC(C)(c1ccc(OC(=O)Cl)cc1)c1ccc(OC(=O)Oc2ccc(C(C)(C)c3ccc(OC(=O)Cl)cc3)cc2)cc1. The summed E-state index contributed by atoms with van der Waals surface area (Å²) in [6.07, 6.45) is -0.858. The molecular weight excluding hydrogens is 579 g/mol. The molecule has 0 aliphatic rings. The maximum Gasteiger partial charge on any atom is 0.519 e. The van der Waals surface area contributed by atoms with Crippen LogP contribution >= 0.6 is 23.2 Å². The first-order valence-corrected chi connectivity index (χ1v) is 13.7. The molecule has 4 rings (SSSR count). The molecule has 0 atom stereocenters. The third-order valence-electron chi connectivity index (χ3n) is 7.10. The van der Waals surface area contributed by atoms with Crippen molar-refractivity contribution in [2.45, 2.75) is 38.5 Å². The van der Waals surface area contributed by atoms with E-state index in [9.17, 15) is 14.4 Å². The van der Waals surface area contributed by atoms with Crippen LogP contribution in [0.3, 0.4) is 0 Å². The highest BCUT2D eigenvalue weighted by Crippen LogP contribution is 2.35. The Hall–Kier alpha value is -4.33. The molecule has 0 fully saturated rings. The van der Waals surface area contributed by atoms with Crippen LogP contribution in [0, 0.1) is 0 Å². The van der Waals surface area contributed by atoms with E-state index in [1.807, 2.05) is 48.5 Å². The topological polar surface area (TPSA) is 88.1 Å². The summed E-state index contributed by atoms with van der Waals surface area (Å²) in [5.41, 5.74) is 1.41. The van der Waals surface area contributed by atoms with E-state index in [0.29, 0.717) is 23.0 Å². The number of hydrogen-bond acceptors (Lipinski definition) is 7. The average Bonchev–Trinajstić information content (AvgIpc) is 2.93. The molecular formula is C33H28Cl2O7. The number of halogens is 2. The van der Waals surface area contributed by atoms with E-state index in [-0.39, 0.29) is 10.8 Å². The van der Waals surface area contributed by atoms with Gasteiger partial charge in [-0.2, -0.15) is 0 Å². The van der Waals surface area contributed by atoms with Crippen LogP contribution in [0.25, 0.3) is 0 Å². The Kier molecular flexibility index (Phi) is 9.24. The van der Waals surface area contributed by atoms with Crippen molar-refractivity contribution in [3.8, 4) is 23.0 Å². The second-order valence-corrected chi connectivity index (χ2v) is 11.1. The molecule has 216 valence electrons. The van der Waals surface area contributed by atoms with Gasteiger partial charge in [0.1, 0.15) is 23.0 Å². The Morgan fingerprint density at radius 3 is 0.857 bits per heavy atom. The van der Waals surface area contributed by atoms with Crippen molar-refractivity contribution in [2.24, 2.45) is 0 Å². The molecule has 7 nitrogen and oxygen atoms in total. The van der Waals surface area contributed by atoms with Gasteiger partial charge in [-0.25, -0.2) is 14.4 Å². The van der Waals surface area contributed by atoms with Crippen molar-refractivity contribution >= 4 is 40.2 Å². The van der Waals surface area contributed by atoms with Crippen LogP contribution in [-0.2, 0) is 10.8 Å². The van der Waals surface area contributed by atoms with E-state index >= 15 is 0 Å². The molecule has 0 saturated heterocycles. The first kappa shape index (κ1) is 30.6. The first-order valence-electron chi connectivity index (χ1n) is 12.9. The second-order valence-electron chi connectivity index (χ2n) is 10.5. The highest BCUT2D eigenvalue weighted by Gasteiger charge is 2.25. The fourth-order valence-electron chi connectivity index (χ4n) is 4.49. The molecule has 0 radical (unpaired) electrons. The lowest BCUT2D eigenvalue weighted by atomic mass is 9.78. The Morgan fingerprint density at radius 1 is 0.429 bits per heavy atom. The van der Waals surface area contributed by atoms with Crippen molar-refractivity contribution in [3.05, 3.63) is 119 Å². The highest BCUT2D eigenvalue weighted by atomic mass is 35.5. The summed E-state index contributed by atoms with van der Waals surface area (Å²) < 4.78 is 20.5. The lowest BCUT2D eigenvalue weighted by Crippen LogP contribution is -2.19. The zero-order valence-electron chi connectivity index (χ0n) is 23.4. The van der Waals surface area contributed by atoms with Crippen molar-refractivity contribution < 1.29 is 33.3 Å². The maximum atomic E-state index is 12.5. The number of ether oxygens (including phenoxy) is 4. The molecule has 4 aromatic rings. The molecule has 9 heteroatoms. The van der Waals surface area contributed by atoms with Crippen LogP contribution in [0.5, 0.6) is 23.0 Å². The number of benzene rings is 4. The van der Waals surface area contributed by atoms with Gasteiger partial charge in [0.2, 0.25) is 0 Å². The quantitative estimate of drug-likeness (QED) is 0.112. The van der Waals surface area contributed by atoms with Crippen molar-refractivity contribution in [2.75, 3.05) is 0 Å². The Labute approximate surface area is 253 Å². The predicted octanol–water partition coefficient (Wildman–Crippen LogP) is 9.39. The van der Waals surface area contributed by atoms with Gasteiger partial charge in [-0.05, 0) is 70.8 Å². The largest absolute Gasteiger partial charge is 0.519 e. The van der Waals surface area contributed by atoms with Gasteiger partial charge in [0.25, 0.3) is 0 Å². The molecule has 0 bridgehead atoms.